The van der Waals surface area contributed by atoms with Crippen molar-refractivity contribution in [2.75, 3.05) is 0 Å². The molecule has 3 aromatic rings. The molecule has 1 heterocycles. The van der Waals surface area contributed by atoms with Crippen molar-refractivity contribution in [3.05, 3.63) is 93.5 Å². The van der Waals surface area contributed by atoms with Gasteiger partial charge in [-0.05, 0) is 59.7 Å². The van der Waals surface area contributed by atoms with Crippen molar-refractivity contribution in [1.29, 1.82) is 0 Å². The SMILES string of the molecule is Cc1ccc(-c2ccc(CC(N)C(=O)N3Cc4ccccc4C3)c(Cl)c2)c(C)c1. The molecule has 0 spiro atoms. The number of aryl methyl sites for hydroxylation is 2. The standard InChI is InChI=1S/C25H25ClN2O/c1-16-7-10-22(17(2)11-16)18-8-9-19(23(26)12-18)13-24(27)25(29)28-14-20-5-3-4-6-21(20)15-28/h3-12,24H,13-15,27H2,1-2H3. The number of halogens is 1. The summed E-state index contributed by atoms with van der Waals surface area (Å²) in [5.41, 5.74) is 14.3. The maximum Gasteiger partial charge on any atom is 0.240 e. The number of fused-ring (bicyclic) bond motifs is 1. The van der Waals surface area contributed by atoms with Crippen LogP contribution < -0.4 is 5.73 Å². The Kier molecular flexibility index (Phi) is 5.44. The van der Waals surface area contributed by atoms with Crippen molar-refractivity contribution in [3.8, 4) is 11.1 Å². The van der Waals surface area contributed by atoms with Crippen LogP contribution in [0, 0.1) is 13.8 Å². The minimum Gasteiger partial charge on any atom is -0.333 e. The average molecular weight is 405 g/mol. The highest BCUT2D eigenvalue weighted by Crippen LogP contribution is 2.29. The van der Waals surface area contributed by atoms with Gasteiger partial charge < -0.3 is 10.6 Å². The van der Waals surface area contributed by atoms with Crippen LogP contribution in [0.2, 0.25) is 5.02 Å². The molecule has 0 radical (unpaired) electrons. The summed E-state index contributed by atoms with van der Waals surface area (Å²) in [6.07, 6.45) is 0.428. The first-order valence-electron chi connectivity index (χ1n) is 9.89. The molecule has 0 saturated carbocycles. The van der Waals surface area contributed by atoms with Gasteiger partial charge in [0, 0.05) is 18.1 Å². The second kappa shape index (κ2) is 8.02. The summed E-state index contributed by atoms with van der Waals surface area (Å²) in [5, 5.41) is 0.649. The number of rotatable bonds is 4. The summed E-state index contributed by atoms with van der Waals surface area (Å²) < 4.78 is 0. The molecule has 0 saturated heterocycles. The Balaban J connectivity index is 1.47. The van der Waals surface area contributed by atoms with Crippen molar-refractivity contribution in [2.24, 2.45) is 5.73 Å². The van der Waals surface area contributed by atoms with Gasteiger partial charge in [-0.25, -0.2) is 0 Å². The molecule has 1 aliphatic heterocycles. The van der Waals surface area contributed by atoms with Gasteiger partial charge in [-0.3, -0.25) is 4.79 Å². The third-order valence-electron chi connectivity index (χ3n) is 5.66. The summed E-state index contributed by atoms with van der Waals surface area (Å²) in [6, 6.07) is 19.9. The largest absolute Gasteiger partial charge is 0.333 e. The normalized spacial score (nSPS) is 14.0. The van der Waals surface area contributed by atoms with E-state index in [0.717, 1.165) is 11.1 Å². The van der Waals surface area contributed by atoms with Crippen LogP contribution in [-0.4, -0.2) is 16.8 Å². The molecular weight excluding hydrogens is 380 g/mol. The van der Waals surface area contributed by atoms with Crippen molar-refractivity contribution in [3.63, 3.8) is 0 Å². The van der Waals surface area contributed by atoms with E-state index in [1.165, 1.54) is 27.8 Å². The lowest BCUT2D eigenvalue weighted by Crippen LogP contribution is -2.42. The van der Waals surface area contributed by atoms with Crippen molar-refractivity contribution < 1.29 is 4.79 Å². The van der Waals surface area contributed by atoms with Crippen LogP contribution >= 0.6 is 11.6 Å². The van der Waals surface area contributed by atoms with E-state index in [4.69, 9.17) is 17.3 Å². The minimum atomic E-state index is -0.603. The Morgan fingerprint density at radius 1 is 1.03 bits per heavy atom. The Labute approximate surface area is 177 Å². The van der Waals surface area contributed by atoms with Gasteiger partial charge in [0.15, 0.2) is 0 Å². The molecule has 3 aromatic carbocycles. The number of nitrogens with two attached hydrogens (primary N) is 1. The molecule has 4 rings (SSSR count). The fraction of sp³-hybridized carbons (Fsp3) is 0.240. The maximum atomic E-state index is 12.9. The average Bonchev–Trinajstić information content (AvgIpc) is 3.13. The van der Waals surface area contributed by atoms with Crippen LogP contribution in [-0.2, 0) is 24.3 Å². The predicted molar refractivity (Wildman–Crippen MR) is 119 cm³/mol. The molecule has 1 atom stereocenters. The molecule has 29 heavy (non-hydrogen) atoms. The number of amides is 1. The summed E-state index contributed by atoms with van der Waals surface area (Å²) in [5.74, 6) is -0.0317. The lowest BCUT2D eigenvalue weighted by molar-refractivity contribution is -0.133. The van der Waals surface area contributed by atoms with Gasteiger partial charge in [-0.1, -0.05) is 71.8 Å². The highest BCUT2D eigenvalue weighted by molar-refractivity contribution is 6.31. The minimum absolute atomic E-state index is 0.0317. The van der Waals surface area contributed by atoms with E-state index in [2.05, 4.69) is 50.2 Å². The summed E-state index contributed by atoms with van der Waals surface area (Å²) in [4.78, 5) is 14.7. The van der Waals surface area contributed by atoms with Crippen LogP contribution in [0.4, 0.5) is 0 Å². The molecule has 0 bridgehead atoms. The molecule has 0 aliphatic carbocycles. The van der Waals surface area contributed by atoms with Crippen LogP contribution in [0.5, 0.6) is 0 Å². The van der Waals surface area contributed by atoms with Gasteiger partial charge in [0.25, 0.3) is 0 Å². The first-order chi connectivity index (χ1) is 13.9. The highest BCUT2D eigenvalue weighted by Gasteiger charge is 2.27. The lowest BCUT2D eigenvalue weighted by Gasteiger charge is -2.21. The van der Waals surface area contributed by atoms with E-state index in [9.17, 15) is 4.79 Å². The number of benzene rings is 3. The number of carbonyl (C=O) groups is 1. The first kappa shape index (κ1) is 19.7. The summed E-state index contributed by atoms with van der Waals surface area (Å²) >= 11 is 6.56. The summed E-state index contributed by atoms with van der Waals surface area (Å²) in [6.45, 7) is 5.45. The van der Waals surface area contributed by atoms with Crippen LogP contribution in [0.15, 0.2) is 60.7 Å². The zero-order valence-corrected chi connectivity index (χ0v) is 17.5. The monoisotopic (exact) mass is 404 g/mol. The highest BCUT2D eigenvalue weighted by atomic mass is 35.5. The predicted octanol–water partition coefficient (Wildman–Crippen LogP) is 5.04. The first-order valence-corrected chi connectivity index (χ1v) is 10.3. The van der Waals surface area contributed by atoms with Crippen LogP contribution in [0.25, 0.3) is 11.1 Å². The quantitative estimate of drug-likeness (QED) is 0.662. The van der Waals surface area contributed by atoms with E-state index < -0.39 is 6.04 Å². The van der Waals surface area contributed by atoms with Gasteiger partial charge in [-0.15, -0.1) is 0 Å². The Morgan fingerprint density at radius 2 is 1.72 bits per heavy atom. The third kappa shape index (κ3) is 4.07. The molecule has 0 aromatic heterocycles. The lowest BCUT2D eigenvalue weighted by atomic mass is 9.96. The zero-order chi connectivity index (χ0) is 20.5. The fourth-order valence-electron chi connectivity index (χ4n) is 4.07. The van der Waals surface area contributed by atoms with Crippen molar-refractivity contribution in [2.45, 2.75) is 39.4 Å². The Hall–Kier alpha value is -2.62. The van der Waals surface area contributed by atoms with E-state index >= 15 is 0 Å². The van der Waals surface area contributed by atoms with Crippen LogP contribution in [0.3, 0.4) is 0 Å². The maximum absolute atomic E-state index is 12.9. The second-order valence-corrected chi connectivity index (χ2v) is 8.31. The number of hydrogen-bond donors (Lipinski definition) is 1. The van der Waals surface area contributed by atoms with Gasteiger partial charge in [0.1, 0.15) is 0 Å². The molecule has 1 unspecified atom stereocenters. The third-order valence-corrected chi connectivity index (χ3v) is 6.01. The zero-order valence-electron chi connectivity index (χ0n) is 16.8. The number of nitrogens with zero attached hydrogens (tertiary/aromatic N) is 1. The van der Waals surface area contributed by atoms with Crippen LogP contribution in [0.1, 0.15) is 27.8 Å². The summed E-state index contributed by atoms with van der Waals surface area (Å²) in [7, 11) is 0. The van der Waals surface area contributed by atoms with Crippen molar-refractivity contribution >= 4 is 17.5 Å². The molecular formula is C25H25ClN2O. The Morgan fingerprint density at radius 3 is 2.34 bits per heavy atom. The Bertz CT molecular complexity index is 1050. The number of hydrogen-bond acceptors (Lipinski definition) is 2. The molecule has 1 amide bonds. The number of carbonyl (C=O) groups excluding carboxylic acids is 1. The van der Waals surface area contributed by atoms with Gasteiger partial charge in [0.05, 0.1) is 6.04 Å². The van der Waals surface area contributed by atoms with Gasteiger partial charge in [0.2, 0.25) is 5.91 Å². The molecule has 148 valence electrons. The molecule has 3 nitrogen and oxygen atoms in total. The van der Waals surface area contributed by atoms with E-state index in [-0.39, 0.29) is 5.91 Å². The molecule has 1 aliphatic rings. The molecule has 0 fully saturated rings. The smallest absolute Gasteiger partial charge is 0.240 e. The van der Waals surface area contributed by atoms with Gasteiger partial charge in [-0.2, -0.15) is 0 Å². The van der Waals surface area contributed by atoms with E-state index in [0.29, 0.717) is 24.5 Å². The van der Waals surface area contributed by atoms with Crippen molar-refractivity contribution in [1.82, 2.24) is 4.90 Å². The van der Waals surface area contributed by atoms with E-state index in [1.54, 1.807) is 0 Å². The molecule has 4 heteroatoms. The topological polar surface area (TPSA) is 46.3 Å². The second-order valence-electron chi connectivity index (χ2n) is 7.90. The van der Waals surface area contributed by atoms with Gasteiger partial charge >= 0.3 is 0 Å². The molecule has 2 N–H and O–H groups in total. The fourth-order valence-corrected chi connectivity index (χ4v) is 4.32. The van der Waals surface area contributed by atoms with E-state index in [1.807, 2.05) is 29.2 Å².